The summed E-state index contributed by atoms with van der Waals surface area (Å²) in [6.45, 7) is 6.37. The normalized spacial score (nSPS) is 19.4. The molecule has 5 nitrogen and oxygen atoms in total. The lowest BCUT2D eigenvalue weighted by molar-refractivity contribution is -0.118. The van der Waals surface area contributed by atoms with Crippen molar-refractivity contribution in [2.24, 2.45) is 5.41 Å². The number of ketones is 1. The second-order valence-electron chi connectivity index (χ2n) is 9.26. The Balaban J connectivity index is 1.55. The summed E-state index contributed by atoms with van der Waals surface area (Å²) < 4.78 is 1.88. The molecule has 7 heteroatoms. The molecule has 0 saturated carbocycles. The van der Waals surface area contributed by atoms with Crippen molar-refractivity contribution >= 4 is 35.1 Å². The fourth-order valence-electron chi connectivity index (χ4n) is 4.59. The lowest BCUT2D eigenvalue weighted by atomic mass is 9.73. The number of nitrogens with zero attached hydrogens (tertiary/aromatic N) is 3. The van der Waals surface area contributed by atoms with E-state index in [1.807, 2.05) is 41.1 Å². The lowest BCUT2D eigenvalue weighted by Gasteiger charge is -2.38. The molecule has 1 aromatic heterocycles. The van der Waals surface area contributed by atoms with Gasteiger partial charge in [-0.25, -0.2) is 4.68 Å². The predicted molar refractivity (Wildman–Crippen MR) is 129 cm³/mol. The highest BCUT2D eigenvalue weighted by Gasteiger charge is 2.42. The summed E-state index contributed by atoms with van der Waals surface area (Å²) in [6, 6.07) is 15.8. The Morgan fingerprint density at radius 3 is 2.69 bits per heavy atom. The van der Waals surface area contributed by atoms with Crippen LogP contribution in [0.25, 0.3) is 0 Å². The Hall–Kier alpha value is -2.57. The van der Waals surface area contributed by atoms with Gasteiger partial charge in [0.05, 0.1) is 0 Å². The second-order valence-corrected chi connectivity index (χ2v) is 10.6. The minimum absolute atomic E-state index is 0.0803. The molecule has 2 aliphatic rings. The number of rotatable bonds is 4. The average Bonchev–Trinajstić information content (AvgIpc) is 3.14. The Kier molecular flexibility index (Phi) is 5.38. The van der Waals surface area contributed by atoms with Crippen molar-refractivity contribution in [2.45, 2.75) is 50.6 Å². The zero-order valence-corrected chi connectivity index (χ0v) is 19.9. The molecule has 1 aliphatic carbocycles. The molecule has 1 N–H and O–H groups in total. The summed E-state index contributed by atoms with van der Waals surface area (Å²) in [6.07, 6.45) is 1.35. The number of carbonyl (C=O) groups is 1. The Morgan fingerprint density at radius 1 is 1.16 bits per heavy atom. The van der Waals surface area contributed by atoms with E-state index in [-0.39, 0.29) is 17.2 Å². The van der Waals surface area contributed by atoms with Crippen LogP contribution in [0.5, 0.6) is 0 Å². The fourth-order valence-corrected chi connectivity index (χ4v) is 5.70. The van der Waals surface area contributed by atoms with Gasteiger partial charge >= 0.3 is 0 Å². The lowest BCUT2D eigenvalue weighted by Crippen LogP contribution is -2.36. The summed E-state index contributed by atoms with van der Waals surface area (Å²) in [5.74, 6) is 1.55. The first-order valence-electron chi connectivity index (χ1n) is 10.7. The van der Waals surface area contributed by atoms with E-state index in [0.29, 0.717) is 23.3 Å². The van der Waals surface area contributed by atoms with Crippen molar-refractivity contribution < 1.29 is 4.79 Å². The zero-order valence-electron chi connectivity index (χ0n) is 18.4. The van der Waals surface area contributed by atoms with Gasteiger partial charge in [-0.05, 0) is 41.5 Å². The van der Waals surface area contributed by atoms with Crippen LogP contribution in [0.3, 0.4) is 0 Å². The van der Waals surface area contributed by atoms with Crippen LogP contribution in [0.4, 0.5) is 5.95 Å². The first-order chi connectivity index (χ1) is 15.3. The highest BCUT2D eigenvalue weighted by molar-refractivity contribution is 7.98. The largest absolute Gasteiger partial charge is 0.328 e. The molecule has 0 fully saturated rings. The third-order valence-electron chi connectivity index (χ3n) is 6.11. The van der Waals surface area contributed by atoms with E-state index >= 15 is 0 Å². The molecule has 0 amide bonds. The molecule has 2 heterocycles. The standard InChI is InChI=1S/C25H25ClN4OS/c1-15-8-4-6-10-17(15)22-21-19(12-25(2,3)13-20(21)31)27-23-28-24(29-30(22)23)32-14-16-9-5-7-11-18(16)26/h4-11,22H,12-14H2,1-3H3,(H,27,28,29). The van der Waals surface area contributed by atoms with Gasteiger partial charge < -0.3 is 5.32 Å². The monoisotopic (exact) mass is 464 g/mol. The number of Topliss-reactive ketones (excluding diaryl/α,β-unsaturated/α-hetero) is 1. The number of nitrogens with one attached hydrogen (secondary N) is 1. The van der Waals surface area contributed by atoms with Crippen LogP contribution < -0.4 is 5.32 Å². The highest BCUT2D eigenvalue weighted by atomic mass is 35.5. The molecule has 5 rings (SSSR count). The van der Waals surface area contributed by atoms with Gasteiger partial charge in [0.15, 0.2) is 5.78 Å². The van der Waals surface area contributed by atoms with Gasteiger partial charge in [0.1, 0.15) is 6.04 Å². The first-order valence-corrected chi connectivity index (χ1v) is 12.1. The number of allylic oxidation sites excluding steroid dienone is 2. The maximum absolute atomic E-state index is 13.3. The molecule has 0 radical (unpaired) electrons. The second kappa shape index (κ2) is 8.09. The molecular formula is C25H25ClN4OS. The Bertz CT molecular complexity index is 1250. The maximum atomic E-state index is 13.3. The molecule has 0 bridgehead atoms. The van der Waals surface area contributed by atoms with Crippen LogP contribution >= 0.6 is 23.4 Å². The van der Waals surface area contributed by atoms with Crippen molar-refractivity contribution in [1.29, 1.82) is 0 Å². The van der Waals surface area contributed by atoms with E-state index < -0.39 is 0 Å². The van der Waals surface area contributed by atoms with E-state index in [9.17, 15) is 4.79 Å². The van der Waals surface area contributed by atoms with Gasteiger partial charge in [0.2, 0.25) is 11.1 Å². The molecule has 32 heavy (non-hydrogen) atoms. The van der Waals surface area contributed by atoms with Crippen molar-refractivity contribution in [1.82, 2.24) is 14.8 Å². The summed E-state index contributed by atoms with van der Waals surface area (Å²) in [7, 11) is 0. The van der Waals surface area contributed by atoms with Gasteiger partial charge in [-0.15, -0.1) is 5.10 Å². The van der Waals surface area contributed by atoms with Crippen LogP contribution in [0, 0.1) is 12.3 Å². The van der Waals surface area contributed by atoms with Crippen LogP contribution in [-0.2, 0) is 10.5 Å². The third kappa shape index (κ3) is 3.86. The minimum atomic E-state index is -0.270. The average molecular weight is 465 g/mol. The van der Waals surface area contributed by atoms with E-state index in [1.54, 1.807) is 11.8 Å². The van der Waals surface area contributed by atoms with E-state index in [4.69, 9.17) is 21.7 Å². The summed E-state index contributed by atoms with van der Waals surface area (Å²) in [4.78, 5) is 18.1. The van der Waals surface area contributed by atoms with Crippen molar-refractivity contribution in [3.8, 4) is 0 Å². The fraction of sp³-hybridized carbons (Fsp3) is 0.320. The molecule has 164 valence electrons. The summed E-state index contributed by atoms with van der Waals surface area (Å²) >= 11 is 7.87. The van der Waals surface area contributed by atoms with Gasteiger partial charge in [-0.3, -0.25) is 4.79 Å². The number of aryl methyl sites for hydroxylation is 1. The molecule has 3 aromatic rings. The van der Waals surface area contributed by atoms with Gasteiger partial charge in [0.25, 0.3) is 0 Å². The molecule has 1 atom stereocenters. The van der Waals surface area contributed by atoms with Crippen LogP contribution in [0.1, 0.15) is 49.4 Å². The van der Waals surface area contributed by atoms with Crippen LogP contribution in [0.15, 0.2) is 65.0 Å². The number of benzene rings is 2. The zero-order chi connectivity index (χ0) is 22.5. The van der Waals surface area contributed by atoms with Crippen molar-refractivity contribution in [2.75, 3.05) is 5.32 Å². The Labute approximate surface area is 197 Å². The number of hydrogen-bond acceptors (Lipinski definition) is 5. The number of fused-ring (bicyclic) bond motifs is 1. The number of thioether (sulfide) groups is 1. The highest BCUT2D eigenvalue weighted by Crippen LogP contribution is 2.46. The molecule has 0 saturated heterocycles. The SMILES string of the molecule is Cc1ccccc1C1C2=C(CC(C)(C)CC2=O)Nc2nc(SCc3ccccc3Cl)nn21. The Morgan fingerprint density at radius 2 is 1.91 bits per heavy atom. The molecule has 0 spiro atoms. The minimum Gasteiger partial charge on any atom is -0.328 e. The number of halogens is 1. The van der Waals surface area contributed by atoms with E-state index in [0.717, 1.165) is 39.4 Å². The molecule has 1 unspecified atom stereocenters. The number of aromatic nitrogens is 3. The number of hydrogen-bond donors (Lipinski definition) is 1. The smallest absolute Gasteiger partial charge is 0.227 e. The van der Waals surface area contributed by atoms with E-state index in [2.05, 4.69) is 38.2 Å². The number of anilines is 1. The van der Waals surface area contributed by atoms with Crippen LogP contribution in [0.2, 0.25) is 5.02 Å². The number of carbonyl (C=O) groups excluding carboxylic acids is 1. The summed E-state index contributed by atoms with van der Waals surface area (Å²) in [5, 5.41) is 9.68. The van der Waals surface area contributed by atoms with Gasteiger partial charge in [-0.1, -0.05) is 79.7 Å². The van der Waals surface area contributed by atoms with Gasteiger partial charge in [-0.2, -0.15) is 4.98 Å². The van der Waals surface area contributed by atoms with Crippen LogP contribution in [-0.4, -0.2) is 20.5 Å². The van der Waals surface area contributed by atoms with E-state index in [1.165, 1.54) is 0 Å². The first kappa shape index (κ1) is 21.3. The van der Waals surface area contributed by atoms with Gasteiger partial charge in [0, 0.05) is 28.5 Å². The van der Waals surface area contributed by atoms with Crippen molar-refractivity contribution in [3.05, 3.63) is 81.5 Å². The molecular weight excluding hydrogens is 440 g/mol. The molecule has 1 aliphatic heterocycles. The summed E-state index contributed by atoms with van der Waals surface area (Å²) in [5.41, 5.74) is 4.98. The third-order valence-corrected chi connectivity index (χ3v) is 7.37. The predicted octanol–water partition coefficient (Wildman–Crippen LogP) is 6.19. The molecule has 2 aromatic carbocycles. The quantitative estimate of drug-likeness (QED) is 0.466. The maximum Gasteiger partial charge on any atom is 0.227 e. The van der Waals surface area contributed by atoms with Crippen molar-refractivity contribution in [3.63, 3.8) is 0 Å². The topological polar surface area (TPSA) is 59.8 Å².